The van der Waals surface area contributed by atoms with E-state index in [0.717, 1.165) is 0 Å². The summed E-state index contributed by atoms with van der Waals surface area (Å²) in [6.45, 7) is 10.2. The maximum absolute atomic E-state index is 11.6. The SMILES string of the molecule is CC(C)(C)OC(=O)COCC(=O)NC(C=O)C(C)(C)C. The molecule has 0 heterocycles. The van der Waals surface area contributed by atoms with Crippen molar-refractivity contribution in [3.63, 3.8) is 0 Å². The molecule has 0 bridgehead atoms. The van der Waals surface area contributed by atoms with E-state index in [1.54, 1.807) is 20.8 Å². The highest BCUT2D eigenvalue weighted by atomic mass is 16.6. The van der Waals surface area contributed by atoms with E-state index in [0.29, 0.717) is 6.29 Å². The van der Waals surface area contributed by atoms with E-state index in [2.05, 4.69) is 5.32 Å². The van der Waals surface area contributed by atoms with Crippen LogP contribution in [0.2, 0.25) is 0 Å². The number of ether oxygens (including phenoxy) is 2. The van der Waals surface area contributed by atoms with Gasteiger partial charge in [0.25, 0.3) is 0 Å². The van der Waals surface area contributed by atoms with Crippen LogP contribution < -0.4 is 5.32 Å². The predicted octanol–water partition coefficient (Wildman–Crippen LogP) is 1.07. The molecule has 0 rings (SSSR count). The van der Waals surface area contributed by atoms with Crippen LogP contribution in [0.4, 0.5) is 0 Å². The molecule has 0 aromatic heterocycles. The zero-order valence-corrected chi connectivity index (χ0v) is 13.1. The van der Waals surface area contributed by atoms with E-state index < -0.39 is 23.5 Å². The monoisotopic (exact) mass is 287 g/mol. The number of hydrogen-bond donors (Lipinski definition) is 1. The van der Waals surface area contributed by atoms with Crippen LogP contribution >= 0.6 is 0 Å². The normalized spacial score (nSPS) is 13.5. The van der Waals surface area contributed by atoms with Gasteiger partial charge in [0, 0.05) is 0 Å². The van der Waals surface area contributed by atoms with Crippen molar-refractivity contribution in [2.24, 2.45) is 5.41 Å². The number of carbonyl (C=O) groups excluding carboxylic acids is 3. The molecule has 1 atom stereocenters. The highest BCUT2D eigenvalue weighted by Crippen LogP contribution is 2.17. The number of aldehydes is 1. The van der Waals surface area contributed by atoms with Crippen LogP contribution in [-0.4, -0.2) is 43.0 Å². The van der Waals surface area contributed by atoms with Crippen molar-refractivity contribution in [3.05, 3.63) is 0 Å². The van der Waals surface area contributed by atoms with Gasteiger partial charge in [0.05, 0.1) is 6.04 Å². The Labute approximate surface area is 120 Å². The number of amides is 1. The standard InChI is InChI=1S/C14H25NO5/c1-13(2,3)10(7-16)15-11(17)8-19-9-12(18)20-14(4,5)6/h7,10H,8-9H2,1-6H3,(H,15,17). The third-order valence-corrected chi connectivity index (χ3v) is 2.26. The summed E-state index contributed by atoms with van der Waals surface area (Å²) < 4.78 is 9.98. The molecule has 0 saturated heterocycles. The van der Waals surface area contributed by atoms with Crippen molar-refractivity contribution in [2.45, 2.75) is 53.2 Å². The van der Waals surface area contributed by atoms with Crippen molar-refractivity contribution >= 4 is 18.2 Å². The number of hydrogen-bond acceptors (Lipinski definition) is 5. The van der Waals surface area contributed by atoms with Crippen molar-refractivity contribution in [1.29, 1.82) is 0 Å². The first kappa shape index (κ1) is 18.6. The van der Waals surface area contributed by atoms with Gasteiger partial charge in [-0.15, -0.1) is 0 Å². The lowest BCUT2D eigenvalue weighted by atomic mass is 9.88. The molecule has 0 aliphatic rings. The lowest BCUT2D eigenvalue weighted by Crippen LogP contribution is -2.46. The minimum absolute atomic E-state index is 0.292. The Morgan fingerprint density at radius 3 is 2.05 bits per heavy atom. The Morgan fingerprint density at radius 2 is 1.65 bits per heavy atom. The summed E-state index contributed by atoms with van der Waals surface area (Å²) >= 11 is 0. The van der Waals surface area contributed by atoms with Crippen LogP contribution in [-0.2, 0) is 23.9 Å². The minimum Gasteiger partial charge on any atom is -0.458 e. The largest absolute Gasteiger partial charge is 0.458 e. The van der Waals surface area contributed by atoms with Crippen molar-refractivity contribution in [1.82, 2.24) is 5.32 Å². The molecular weight excluding hydrogens is 262 g/mol. The molecule has 20 heavy (non-hydrogen) atoms. The summed E-state index contributed by atoms with van der Waals surface area (Å²) in [6, 6.07) is -0.597. The van der Waals surface area contributed by atoms with Gasteiger partial charge in [0.15, 0.2) is 0 Å². The number of nitrogens with one attached hydrogen (secondary N) is 1. The Hall–Kier alpha value is -1.43. The quantitative estimate of drug-likeness (QED) is 0.584. The maximum atomic E-state index is 11.6. The summed E-state index contributed by atoms with van der Waals surface area (Å²) in [4.78, 5) is 33.8. The fraction of sp³-hybridized carbons (Fsp3) is 0.786. The second kappa shape index (κ2) is 7.38. The van der Waals surface area contributed by atoms with Gasteiger partial charge in [0.1, 0.15) is 25.1 Å². The molecule has 0 saturated carbocycles. The highest BCUT2D eigenvalue weighted by molar-refractivity contribution is 5.81. The van der Waals surface area contributed by atoms with E-state index in [-0.39, 0.29) is 18.6 Å². The van der Waals surface area contributed by atoms with E-state index in [1.165, 1.54) is 0 Å². The zero-order valence-electron chi connectivity index (χ0n) is 13.1. The Bertz CT molecular complexity index is 352. The predicted molar refractivity (Wildman–Crippen MR) is 74.1 cm³/mol. The molecule has 0 aromatic rings. The third-order valence-electron chi connectivity index (χ3n) is 2.26. The van der Waals surface area contributed by atoms with Crippen LogP contribution in [0.25, 0.3) is 0 Å². The topological polar surface area (TPSA) is 81.7 Å². The van der Waals surface area contributed by atoms with Gasteiger partial charge in [0.2, 0.25) is 5.91 Å². The van der Waals surface area contributed by atoms with Crippen LogP contribution in [0.5, 0.6) is 0 Å². The van der Waals surface area contributed by atoms with Gasteiger partial charge in [-0.3, -0.25) is 4.79 Å². The van der Waals surface area contributed by atoms with E-state index in [1.807, 2.05) is 20.8 Å². The summed E-state index contributed by atoms with van der Waals surface area (Å²) in [5, 5.41) is 2.54. The molecule has 116 valence electrons. The summed E-state index contributed by atoms with van der Waals surface area (Å²) in [5.74, 6) is -0.978. The molecule has 1 unspecified atom stereocenters. The molecule has 0 aliphatic heterocycles. The number of rotatable bonds is 6. The Morgan fingerprint density at radius 1 is 1.10 bits per heavy atom. The fourth-order valence-corrected chi connectivity index (χ4v) is 1.27. The molecule has 0 aliphatic carbocycles. The first-order chi connectivity index (χ1) is 8.95. The van der Waals surface area contributed by atoms with Crippen LogP contribution in [0, 0.1) is 5.41 Å². The summed E-state index contributed by atoms with van der Waals surface area (Å²) in [5.41, 5.74) is -0.958. The number of esters is 1. The number of carbonyl (C=O) groups is 3. The van der Waals surface area contributed by atoms with Crippen molar-refractivity contribution < 1.29 is 23.9 Å². The molecule has 0 fully saturated rings. The smallest absolute Gasteiger partial charge is 0.332 e. The highest BCUT2D eigenvalue weighted by Gasteiger charge is 2.25. The second-order valence-corrected chi connectivity index (χ2v) is 6.63. The van der Waals surface area contributed by atoms with Gasteiger partial charge >= 0.3 is 5.97 Å². The first-order valence-corrected chi connectivity index (χ1v) is 6.50. The summed E-state index contributed by atoms with van der Waals surface area (Å²) in [7, 11) is 0. The van der Waals surface area contributed by atoms with Crippen LogP contribution in [0.1, 0.15) is 41.5 Å². The van der Waals surface area contributed by atoms with E-state index >= 15 is 0 Å². The molecule has 0 spiro atoms. The third kappa shape index (κ3) is 8.63. The maximum Gasteiger partial charge on any atom is 0.332 e. The Kier molecular flexibility index (Phi) is 6.85. The zero-order chi connectivity index (χ0) is 16.0. The van der Waals surface area contributed by atoms with Crippen LogP contribution in [0.15, 0.2) is 0 Å². The lowest BCUT2D eigenvalue weighted by molar-refractivity contribution is -0.160. The average Bonchev–Trinajstić information content (AvgIpc) is 2.21. The Balaban J connectivity index is 4.06. The van der Waals surface area contributed by atoms with Gasteiger partial charge in [-0.25, -0.2) is 4.79 Å². The van der Waals surface area contributed by atoms with Gasteiger partial charge in [-0.2, -0.15) is 0 Å². The average molecular weight is 287 g/mol. The first-order valence-electron chi connectivity index (χ1n) is 6.50. The summed E-state index contributed by atoms with van der Waals surface area (Å²) in [6.07, 6.45) is 0.686. The van der Waals surface area contributed by atoms with Crippen molar-refractivity contribution in [2.75, 3.05) is 13.2 Å². The van der Waals surface area contributed by atoms with Gasteiger partial charge < -0.3 is 19.6 Å². The molecule has 0 aromatic carbocycles. The van der Waals surface area contributed by atoms with E-state index in [9.17, 15) is 14.4 Å². The molecule has 6 nitrogen and oxygen atoms in total. The van der Waals surface area contributed by atoms with Crippen LogP contribution in [0.3, 0.4) is 0 Å². The van der Waals surface area contributed by atoms with Gasteiger partial charge in [-0.05, 0) is 26.2 Å². The van der Waals surface area contributed by atoms with Crippen molar-refractivity contribution in [3.8, 4) is 0 Å². The fourth-order valence-electron chi connectivity index (χ4n) is 1.27. The van der Waals surface area contributed by atoms with Gasteiger partial charge in [-0.1, -0.05) is 20.8 Å². The van der Waals surface area contributed by atoms with E-state index in [4.69, 9.17) is 9.47 Å². The molecule has 1 amide bonds. The second-order valence-electron chi connectivity index (χ2n) is 6.63. The molecular formula is C14H25NO5. The lowest BCUT2D eigenvalue weighted by Gasteiger charge is -2.26. The minimum atomic E-state index is -0.597. The molecule has 0 radical (unpaired) electrons. The molecule has 6 heteroatoms. The molecule has 1 N–H and O–H groups in total.